The molecule has 2 aromatic rings. The standard InChI is InChI=1S/C18H20O5/c1-3-21-17(19)11(2)22-12-8-9-14-13-6-4-5-7-15(13)18(20)23-16(14)10-12/h8-11H,3-7H2,1-2H3/t11-/m1/s1. The van der Waals surface area contributed by atoms with Crippen LogP contribution in [0.2, 0.25) is 0 Å². The molecule has 0 N–H and O–H groups in total. The summed E-state index contributed by atoms with van der Waals surface area (Å²) in [5.41, 5.74) is 2.14. The van der Waals surface area contributed by atoms with Gasteiger partial charge in [0.2, 0.25) is 0 Å². The summed E-state index contributed by atoms with van der Waals surface area (Å²) in [6, 6.07) is 5.36. The Morgan fingerprint density at radius 3 is 2.74 bits per heavy atom. The van der Waals surface area contributed by atoms with Crippen molar-refractivity contribution in [3.8, 4) is 5.75 Å². The zero-order valence-corrected chi connectivity index (χ0v) is 13.4. The Labute approximate surface area is 134 Å². The molecule has 23 heavy (non-hydrogen) atoms. The Hall–Kier alpha value is -2.30. The van der Waals surface area contributed by atoms with Crippen LogP contribution in [0, 0.1) is 0 Å². The van der Waals surface area contributed by atoms with Gasteiger partial charge in [0.1, 0.15) is 11.3 Å². The van der Waals surface area contributed by atoms with Gasteiger partial charge in [-0.1, -0.05) is 0 Å². The number of carbonyl (C=O) groups is 1. The van der Waals surface area contributed by atoms with Gasteiger partial charge in [0.25, 0.3) is 0 Å². The maximum absolute atomic E-state index is 12.1. The van der Waals surface area contributed by atoms with Crippen molar-refractivity contribution in [1.29, 1.82) is 0 Å². The van der Waals surface area contributed by atoms with Crippen molar-refractivity contribution in [1.82, 2.24) is 0 Å². The van der Waals surface area contributed by atoms with Gasteiger partial charge in [-0.2, -0.15) is 0 Å². The molecule has 0 saturated heterocycles. The molecule has 0 amide bonds. The number of carbonyl (C=O) groups excluding carboxylic acids is 1. The Bertz CT molecular complexity index is 790. The van der Waals surface area contributed by atoms with Gasteiger partial charge in [-0.3, -0.25) is 0 Å². The minimum absolute atomic E-state index is 0.261. The Morgan fingerprint density at radius 1 is 1.26 bits per heavy atom. The molecule has 0 radical (unpaired) electrons. The van der Waals surface area contributed by atoms with Crippen molar-refractivity contribution in [2.45, 2.75) is 45.6 Å². The Morgan fingerprint density at radius 2 is 2.00 bits per heavy atom. The van der Waals surface area contributed by atoms with Crippen molar-refractivity contribution in [2.24, 2.45) is 0 Å². The molecule has 3 rings (SSSR count). The number of rotatable bonds is 4. The number of hydrogen-bond acceptors (Lipinski definition) is 5. The van der Waals surface area contributed by atoms with Crippen LogP contribution < -0.4 is 10.4 Å². The zero-order valence-electron chi connectivity index (χ0n) is 13.4. The lowest BCUT2D eigenvalue weighted by Gasteiger charge is -2.17. The lowest BCUT2D eigenvalue weighted by atomic mass is 9.91. The van der Waals surface area contributed by atoms with E-state index in [9.17, 15) is 9.59 Å². The van der Waals surface area contributed by atoms with Gasteiger partial charge in [-0.25, -0.2) is 9.59 Å². The van der Waals surface area contributed by atoms with E-state index in [0.29, 0.717) is 17.9 Å². The molecule has 1 aliphatic rings. The summed E-state index contributed by atoms with van der Waals surface area (Å²) in [6.07, 6.45) is 3.09. The van der Waals surface area contributed by atoms with Gasteiger partial charge in [-0.05, 0) is 57.2 Å². The van der Waals surface area contributed by atoms with Gasteiger partial charge in [0, 0.05) is 17.0 Å². The quantitative estimate of drug-likeness (QED) is 0.641. The van der Waals surface area contributed by atoms with Crippen LogP contribution in [0.4, 0.5) is 0 Å². The van der Waals surface area contributed by atoms with Crippen LogP contribution in [0.25, 0.3) is 11.0 Å². The van der Waals surface area contributed by atoms with Crippen molar-refractivity contribution in [3.63, 3.8) is 0 Å². The van der Waals surface area contributed by atoms with Crippen LogP contribution >= 0.6 is 0 Å². The van der Waals surface area contributed by atoms with Crippen LogP contribution in [0.3, 0.4) is 0 Å². The lowest BCUT2D eigenvalue weighted by molar-refractivity contribution is -0.150. The van der Waals surface area contributed by atoms with E-state index in [1.807, 2.05) is 6.07 Å². The first-order valence-corrected chi connectivity index (χ1v) is 8.02. The second kappa shape index (κ2) is 6.44. The van der Waals surface area contributed by atoms with Crippen molar-refractivity contribution < 1.29 is 18.7 Å². The molecule has 1 aromatic heterocycles. The van der Waals surface area contributed by atoms with E-state index >= 15 is 0 Å². The molecule has 1 heterocycles. The molecule has 0 fully saturated rings. The van der Waals surface area contributed by atoms with Gasteiger partial charge < -0.3 is 13.9 Å². The molecule has 0 aliphatic heterocycles. The Balaban J connectivity index is 1.94. The summed E-state index contributed by atoms with van der Waals surface area (Å²) in [6.45, 7) is 3.69. The predicted octanol–water partition coefficient (Wildman–Crippen LogP) is 3.00. The van der Waals surface area contributed by atoms with Gasteiger partial charge >= 0.3 is 11.6 Å². The van der Waals surface area contributed by atoms with Crippen LogP contribution in [-0.4, -0.2) is 18.7 Å². The molecule has 0 unspecified atom stereocenters. The third kappa shape index (κ3) is 3.09. The third-order valence-corrected chi connectivity index (χ3v) is 4.13. The highest BCUT2D eigenvalue weighted by Gasteiger charge is 2.19. The normalized spacial score (nSPS) is 15.0. The second-order valence-electron chi connectivity index (χ2n) is 5.72. The van der Waals surface area contributed by atoms with Crippen LogP contribution in [0.1, 0.15) is 37.8 Å². The molecule has 0 spiro atoms. The molecule has 5 heteroatoms. The highest BCUT2D eigenvalue weighted by atomic mass is 16.6. The molecule has 122 valence electrons. The first kappa shape index (κ1) is 15.6. The molecular formula is C18H20O5. The first-order chi connectivity index (χ1) is 11.1. The first-order valence-electron chi connectivity index (χ1n) is 8.02. The lowest BCUT2D eigenvalue weighted by Crippen LogP contribution is -2.26. The number of fused-ring (bicyclic) bond motifs is 3. The van der Waals surface area contributed by atoms with E-state index in [0.717, 1.165) is 42.2 Å². The minimum atomic E-state index is -0.711. The highest BCUT2D eigenvalue weighted by Crippen LogP contribution is 2.29. The number of benzene rings is 1. The number of hydrogen-bond donors (Lipinski definition) is 0. The summed E-state index contributed by atoms with van der Waals surface area (Å²) in [5, 5.41) is 0.954. The molecule has 1 atom stereocenters. The summed E-state index contributed by atoms with van der Waals surface area (Å²) < 4.78 is 15.9. The maximum Gasteiger partial charge on any atom is 0.347 e. The Kier molecular flexibility index (Phi) is 4.37. The van der Waals surface area contributed by atoms with Gasteiger partial charge in [-0.15, -0.1) is 0 Å². The topological polar surface area (TPSA) is 65.7 Å². The SMILES string of the molecule is CCOC(=O)[C@@H](C)Oc1ccc2c3c(c(=O)oc2c1)CCCC3. The van der Waals surface area contributed by atoms with Crippen LogP contribution in [0.15, 0.2) is 27.4 Å². The average molecular weight is 316 g/mol. The number of ether oxygens (including phenoxy) is 2. The van der Waals surface area contributed by atoms with E-state index in [2.05, 4.69) is 0 Å². The van der Waals surface area contributed by atoms with Crippen molar-refractivity contribution >= 4 is 16.9 Å². The maximum atomic E-state index is 12.1. The number of esters is 1. The van der Waals surface area contributed by atoms with Crippen molar-refractivity contribution in [3.05, 3.63) is 39.7 Å². The van der Waals surface area contributed by atoms with E-state index in [1.165, 1.54) is 0 Å². The fourth-order valence-electron chi connectivity index (χ4n) is 3.01. The molecule has 0 bridgehead atoms. The molecule has 1 aromatic carbocycles. The number of aryl methyl sites for hydroxylation is 1. The van der Waals surface area contributed by atoms with E-state index < -0.39 is 12.1 Å². The average Bonchev–Trinajstić information content (AvgIpc) is 2.55. The second-order valence-corrected chi connectivity index (χ2v) is 5.72. The molecule has 5 nitrogen and oxygen atoms in total. The minimum Gasteiger partial charge on any atom is -0.479 e. The summed E-state index contributed by atoms with van der Waals surface area (Å²) in [4.78, 5) is 23.8. The van der Waals surface area contributed by atoms with E-state index in [-0.39, 0.29) is 5.63 Å². The van der Waals surface area contributed by atoms with E-state index in [1.54, 1.807) is 26.0 Å². The third-order valence-electron chi connectivity index (χ3n) is 4.13. The largest absolute Gasteiger partial charge is 0.479 e. The molecule has 0 saturated carbocycles. The summed E-state index contributed by atoms with van der Waals surface area (Å²) in [5.74, 6) is 0.0662. The van der Waals surface area contributed by atoms with Gasteiger partial charge in [0.15, 0.2) is 6.10 Å². The summed E-state index contributed by atoms with van der Waals surface area (Å²) in [7, 11) is 0. The molecule has 1 aliphatic carbocycles. The van der Waals surface area contributed by atoms with Gasteiger partial charge in [0.05, 0.1) is 6.61 Å². The van der Waals surface area contributed by atoms with Crippen molar-refractivity contribution in [2.75, 3.05) is 6.61 Å². The predicted molar refractivity (Wildman–Crippen MR) is 85.8 cm³/mol. The fourth-order valence-corrected chi connectivity index (χ4v) is 3.01. The smallest absolute Gasteiger partial charge is 0.347 e. The highest BCUT2D eigenvalue weighted by molar-refractivity contribution is 5.83. The van der Waals surface area contributed by atoms with Crippen LogP contribution in [-0.2, 0) is 22.4 Å². The monoisotopic (exact) mass is 316 g/mol. The fraction of sp³-hybridized carbons (Fsp3) is 0.444. The zero-order chi connectivity index (χ0) is 16.4. The molecular weight excluding hydrogens is 296 g/mol. The van der Waals surface area contributed by atoms with E-state index in [4.69, 9.17) is 13.9 Å². The van der Waals surface area contributed by atoms with Crippen LogP contribution in [0.5, 0.6) is 5.75 Å². The summed E-state index contributed by atoms with van der Waals surface area (Å²) >= 11 is 0.